The number of halogens is 1. The second-order valence-electron chi connectivity index (χ2n) is 5.23. The van der Waals surface area contributed by atoms with Crippen molar-refractivity contribution in [2.24, 2.45) is 0 Å². The van der Waals surface area contributed by atoms with E-state index in [0.29, 0.717) is 24.0 Å². The highest BCUT2D eigenvalue weighted by atomic mass is 79.9. The Hall–Kier alpha value is -2.02. The van der Waals surface area contributed by atoms with E-state index in [2.05, 4.69) is 36.2 Å². The fourth-order valence-electron chi connectivity index (χ4n) is 2.22. The van der Waals surface area contributed by atoms with Crippen molar-refractivity contribution in [3.8, 4) is 11.6 Å². The number of nitrogens with zero attached hydrogens (tertiary/aromatic N) is 5. The summed E-state index contributed by atoms with van der Waals surface area (Å²) >= 11 is 3.54. The molecule has 0 saturated heterocycles. The van der Waals surface area contributed by atoms with E-state index in [-0.39, 0.29) is 5.92 Å². The molecule has 3 heterocycles. The number of pyridine rings is 1. The highest BCUT2D eigenvalue weighted by Gasteiger charge is 2.18. The second-order valence-corrected chi connectivity index (χ2v) is 6.02. The number of aromatic nitrogens is 5. The molecule has 0 bridgehead atoms. The van der Waals surface area contributed by atoms with Crippen LogP contribution in [0.15, 0.2) is 33.3 Å². The van der Waals surface area contributed by atoms with Crippen LogP contribution in [0.2, 0.25) is 0 Å². The summed E-state index contributed by atoms with van der Waals surface area (Å²) < 4.78 is 8.74. The molecule has 0 aliphatic rings. The average Bonchev–Trinajstić information content (AvgIpc) is 3.11. The van der Waals surface area contributed by atoms with Gasteiger partial charge in [-0.05, 0) is 41.9 Å². The standard InChI is InChI=1S/C15H16BrN5O/c1-9(8-21-11(3)13(16)10(2)20-21)14-18-19-15(22-14)12-6-4-5-7-17-12/h4-7,9H,8H2,1-3H3. The second kappa shape index (κ2) is 6.00. The Labute approximate surface area is 136 Å². The van der Waals surface area contributed by atoms with Crippen LogP contribution in [0, 0.1) is 13.8 Å². The number of hydrogen-bond acceptors (Lipinski definition) is 5. The average molecular weight is 362 g/mol. The summed E-state index contributed by atoms with van der Waals surface area (Å²) in [5.41, 5.74) is 2.75. The molecule has 6 nitrogen and oxygen atoms in total. The molecule has 0 saturated carbocycles. The zero-order chi connectivity index (χ0) is 15.7. The van der Waals surface area contributed by atoms with Crippen molar-refractivity contribution in [3.05, 3.63) is 46.1 Å². The first-order valence-corrected chi connectivity index (χ1v) is 7.80. The maximum Gasteiger partial charge on any atom is 0.266 e. The molecule has 3 rings (SSSR count). The minimum atomic E-state index is 0.0647. The third-order valence-corrected chi connectivity index (χ3v) is 4.63. The zero-order valence-electron chi connectivity index (χ0n) is 12.6. The molecule has 22 heavy (non-hydrogen) atoms. The molecule has 0 fully saturated rings. The topological polar surface area (TPSA) is 69.6 Å². The van der Waals surface area contributed by atoms with Gasteiger partial charge in [-0.25, -0.2) is 0 Å². The Morgan fingerprint density at radius 3 is 2.73 bits per heavy atom. The van der Waals surface area contributed by atoms with Gasteiger partial charge in [0.2, 0.25) is 5.89 Å². The Bertz CT molecular complexity index is 781. The molecule has 3 aromatic rings. The smallest absolute Gasteiger partial charge is 0.266 e. The Morgan fingerprint density at radius 2 is 2.09 bits per heavy atom. The first-order chi connectivity index (χ1) is 10.6. The molecule has 0 amide bonds. The van der Waals surface area contributed by atoms with Crippen LogP contribution in [-0.2, 0) is 6.54 Å². The lowest BCUT2D eigenvalue weighted by Gasteiger charge is -2.08. The van der Waals surface area contributed by atoms with E-state index in [1.165, 1.54) is 0 Å². The number of hydrogen-bond donors (Lipinski definition) is 0. The van der Waals surface area contributed by atoms with Gasteiger partial charge in [0.1, 0.15) is 5.69 Å². The van der Waals surface area contributed by atoms with E-state index < -0.39 is 0 Å². The Morgan fingerprint density at radius 1 is 1.27 bits per heavy atom. The highest BCUT2D eigenvalue weighted by molar-refractivity contribution is 9.10. The Kier molecular flexibility index (Phi) is 4.06. The van der Waals surface area contributed by atoms with Gasteiger partial charge < -0.3 is 4.42 Å². The molecule has 0 aliphatic carbocycles. The largest absolute Gasteiger partial charge is 0.419 e. The lowest BCUT2D eigenvalue weighted by Crippen LogP contribution is -2.09. The molecule has 0 radical (unpaired) electrons. The maximum atomic E-state index is 5.74. The van der Waals surface area contributed by atoms with Crippen LogP contribution in [0.1, 0.15) is 30.1 Å². The van der Waals surface area contributed by atoms with Crippen molar-refractivity contribution in [2.45, 2.75) is 33.2 Å². The van der Waals surface area contributed by atoms with Crippen LogP contribution < -0.4 is 0 Å². The van der Waals surface area contributed by atoms with Gasteiger partial charge in [-0.1, -0.05) is 13.0 Å². The van der Waals surface area contributed by atoms with Gasteiger partial charge >= 0.3 is 0 Å². The summed E-state index contributed by atoms with van der Waals surface area (Å²) in [6.45, 7) is 6.73. The summed E-state index contributed by atoms with van der Waals surface area (Å²) in [7, 11) is 0. The Balaban J connectivity index is 1.80. The third-order valence-electron chi connectivity index (χ3n) is 3.49. The van der Waals surface area contributed by atoms with E-state index in [4.69, 9.17) is 4.42 Å². The number of rotatable bonds is 4. The van der Waals surface area contributed by atoms with Crippen LogP contribution in [0.5, 0.6) is 0 Å². The molecule has 0 aliphatic heterocycles. The van der Waals surface area contributed by atoms with Gasteiger partial charge in [-0.15, -0.1) is 10.2 Å². The van der Waals surface area contributed by atoms with E-state index >= 15 is 0 Å². The van der Waals surface area contributed by atoms with Crippen LogP contribution in [-0.4, -0.2) is 25.0 Å². The van der Waals surface area contributed by atoms with Gasteiger partial charge in [0.05, 0.1) is 22.6 Å². The molecular formula is C15H16BrN5O. The van der Waals surface area contributed by atoms with Gasteiger partial charge in [-0.2, -0.15) is 5.10 Å². The normalized spacial score (nSPS) is 12.5. The van der Waals surface area contributed by atoms with Gasteiger partial charge in [0, 0.05) is 11.9 Å². The van der Waals surface area contributed by atoms with Crippen molar-refractivity contribution in [2.75, 3.05) is 0 Å². The molecule has 1 unspecified atom stereocenters. The lowest BCUT2D eigenvalue weighted by molar-refractivity contribution is 0.419. The van der Waals surface area contributed by atoms with Crippen molar-refractivity contribution < 1.29 is 4.42 Å². The predicted molar refractivity (Wildman–Crippen MR) is 85.3 cm³/mol. The SMILES string of the molecule is Cc1nn(CC(C)c2nnc(-c3ccccn3)o2)c(C)c1Br. The van der Waals surface area contributed by atoms with E-state index in [0.717, 1.165) is 15.9 Å². The third kappa shape index (κ3) is 2.81. The fraction of sp³-hybridized carbons (Fsp3) is 0.333. The summed E-state index contributed by atoms with van der Waals surface area (Å²) in [5, 5.41) is 12.7. The molecule has 1 atom stereocenters. The van der Waals surface area contributed by atoms with E-state index in [9.17, 15) is 0 Å². The molecule has 0 spiro atoms. The molecule has 3 aromatic heterocycles. The molecule has 0 aromatic carbocycles. The monoisotopic (exact) mass is 361 g/mol. The first kappa shape index (κ1) is 14.9. The van der Waals surface area contributed by atoms with Crippen LogP contribution in [0.25, 0.3) is 11.6 Å². The van der Waals surface area contributed by atoms with Crippen LogP contribution in [0.4, 0.5) is 0 Å². The van der Waals surface area contributed by atoms with Crippen molar-refractivity contribution in [3.63, 3.8) is 0 Å². The summed E-state index contributed by atoms with van der Waals surface area (Å²) in [6, 6.07) is 5.59. The maximum absolute atomic E-state index is 5.74. The van der Waals surface area contributed by atoms with Crippen LogP contribution >= 0.6 is 15.9 Å². The predicted octanol–water partition coefficient (Wildman–Crippen LogP) is 3.51. The first-order valence-electron chi connectivity index (χ1n) is 7.00. The van der Waals surface area contributed by atoms with Crippen molar-refractivity contribution >= 4 is 15.9 Å². The van der Waals surface area contributed by atoms with Crippen molar-refractivity contribution in [1.29, 1.82) is 0 Å². The van der Waals surface area contributed by atoms with E-state index in [1.54, 1.807) is 6.20 Å². The molecule has 7 heteroatoms. The van der Waals surface area contributed by atoms with Crippen LogP contribution in [0.3, 0.4) is 0 Å². The number of aryl methyl sites for hydroxylation is 1. The molecular weight excluding hydrogens is 346 g/mol. The van der Waals surface area contributed by atoms with Gasteiger partial charge in [0.25, 0.3) is 5.89 Å². The fourth-order valence-corrected chi connectivity index (χ4v) is 2.50. The molecule has 114 valence electrons. The summed E-state index contributed by atoms with van der Waals surface area (Å²) in [6.07, 6.45) is 1.70. The lowest BCUT2D eigenvalue weighted by atomic mass is 10.2. The van der Waals surface area contributed by atoms with Gasteiger partial charge in [0.15, 0.2) is 0 Å². The summed E-state index contributed by atoms with van der Waals surface area (Å²) in [4.78, 5) is 4.21. The minimum absolute atomic E-state index is 0.0647. The quantitative estimate of drug-likeness (QED) is 0.710. The van der Waals surface area contributed by atoms with E-state index in [1.807, 2.05) is 43.7 Å². The molecule has 0 N–H and O–H groups in total. The minimum Gasteiger partial charge on any atom is -0.419 e. The summed E-state index contributed by atoms with van der Waals surface area (Å²) in [5.74, 6) is 1.09. The van der Waals surface area contributed by atoms with Crippen molar-refractivity contribution in [1.82, 2.24) is 25.0 Å². The van der Waals surface area contributed by atoms with Gasteiger partial charge in [-0.3, -0.25) is 9.67 Å². The highest BCUT2D eigenvalue weighted by Crippen LogP contribution is 2.24. The zero-order valence-corrected chi connectivity index (χ0v) is 14.2.